The van der Waals surface area contributed by atoms with E-state index >= 15 is 0 Å². The minimum absolute atomic E-state index is 0.0376. The van der Waals surface area contributed by atoms with Crippen LogP contribution in [0, 0.1) is 5.21 Å². The maximum absolute atomic E-state index is 12.5. The van der Waals surface area contributed by atoms with Gasteiger partial charge >= 0.3 is 12.6 Å². The van der Waals surface area contributed by atoms with Gasteiger partial charge in [0.2, 0.25) is 0 Å². The van der Waals surface area contributed by atoms with Crippen LogP contribution in [-0.2, 0) is 11.2 Å². The molecule has 3 aromatic rings. The van der Waals surface area contributed by atoms with Crippen LogP contribution in [0.5, 0.6) is 11.5 Å². The van der Waals surface area contributed by atoms with Gasteiger partial charge in [-0.2, -0.15) is 13.5 Å². The number of aromatic hydroxyl groups is 1. The Balaban J connectivity index is 1.95. The summed E-state index contributed by atoms with van der Waals surface area (Å²) in [7, 11) is 0. The van der Waals surface area contributed by atoms with Crippen molar-refractivity contribution in [1.82, 2.24) is 0 Å². The van der Waals surface area contributed by atoms with E-state index in [4.69, 9.17) is 27.9 Å². The van der Waals surface area contributed by atoms with Crippen LogP contribution in [0.2, 0.25) is 10.0 Å². The number of pyridine rings is 1. The van der Waals surface area contributed by atoms with Gasteiger partial charge in [-0.1, -0.05) is 35.3 Å². The molecule has 11 heteroatoms. The van der Waals surface area contributed by atoms with Gasteiger partial charge in [0.25, 0.3) is 0 Å². The number of halogens is 4. The molecule has 30 heavy (non-hydrogen) atoms. The molecule has 0 bridgehead atoms. The van der Waals surface area contributed by atoms with Gasteiger partial charge in [-0.05, 0) is 29.1 Å². The zero-order chi connectivity index (χ0) is 21.8. The number of hydrogen-bond acceptors (Lipinski definition) is 6. The van der Waals surface area contributed by atoms with E-state index in [0.29, 0.717) is 15.2 Å². The Hall–Kier alpha value is -2.62. The van der Waals surface area contributed by atoms with E-state index < -0.39 is 30.2 Å². The monoisotopic (exact) mass is 475 g/mol. The molecule has 158 valence electrons. The Morgan fingerprint density at radius 1 is 1.23 bits per heavy atom. The molecule has 1 aromatic carbocycles. The highest BCUT2D eigenvalue weighted by atomic mass is 35.5. The van der Waals surface area contributed by atoms with Gasteiger partial charge in [0.05, 0.1) is 0 Å². The number of carbonyl (C=O) groups is 1. The SMILES string of the molecule is O=C(OC(Cc1c(Cl)c[n+]([O-])cc1Cl)c1ccc(OC(F)F)c(O)c1)c1cccs1. The predicted molar refractivity (Wildman–Crippen MR) is 106 cm³/mol. The molecule has 3 rings (SSSR count). The first-order valence-corrected chi connectivity index (χ1v) is 9.97. The molecule has 0 fully saturated rings. The first kappa shape index (κ1) is 22.1. The van der Waals surface area contributed by atoms with Crippen molar-refractivity contribution in [3.63, 3.8) is 0 Å². The molecule has 1 N–H and O–H groups in total. The van der Waals surface area contributed by atoms with Gasteiger partial charge in [0.1, 0.15) is 21.0 Å². The summed E-state index contributed by atoms with van der Waals surface area (Å²) in [6, 6.07) is 6.88. The van der Waals surface area contributed by atoms with Crippen molar-refractivity contribution in [2.24, 2.45) is 0 Å². The van der Waals surface area contributed by atoms with Crippen LogP contribution in [0.4, 0.5) is 8.78 Å². The molecule has 0 saturated heterocycles. The molecule has 2 heterocycles. The van der Waals surface area contributed by atoms with Crippen molar-refractivity contribution >= 4 is 40.5 Å². The lowest BCUT2D eigenvalue weighted by Gasteiger charge is -2.20. The summed E-state index contributed by atoms with van der Waals surface area (Å²) in [6.07, 6.45) is 1.16. The third-order valence-electron chi connectivity index (χ3n) is 3.99. The number of nitrogens with zero attached hydrogens (tertiary/aromatic N) is 1. The first-order chi connectivity index (χ1) is 14.2. The van der Waals surface area contributed by atoms with Crippen molar-refractivity contribution in [3.05, 3.63) is 79.4 Å². The Labute approximate surface area is 183 Å². The minimum atomic E-state index is -3.12. The molecule has 0 aliphatic carbocycles. The number of phenolic OH excluding ortho intramolecular Hbond substituents is 1. The molecule has 0 radical (unpaired) electrons. The quantitative estimate of drug-likeness (QED) is 0.290. The summed E-state index contributed by atoms with van der Waals surface area (Å²) in [4.78, 5) is 12.8. The zero-order valence-corrected chi connectivity index (χ0v) is 17.3. The topological polar surface area (TPSA) is 82.7 Å². The maximum atomic E-state index is 12.5. The predicted octanol–water partition coefficient (Wildman–Crippen LogP) is 5.14. The normalized spacial score (nSPS) is 12.0. The molecular weight excluding hydrogens is 463 g/mol. The standard InChI is InChI=1S/C19H13Cl2F2NO5S/c20-12-8-24(27)9-13(21)11(12)7-16(28-18(26)17-2-1-5-30-17)10-3-4-15(14(25)6-10)29-19(22)23/h1-6,8-9,16,19,25H,7H2. The second-order valence-electron chi connectivity index (χ2n) is 5.97. The molecule has 0 saturated carbocycles. The molecule has 0 amide bonds. The van der Waals surface area contributed by atoms with Crippen LogP contribution >= 0.6 is 34.5 Å². The first-order valence-electron chi connectivity index (χ1n) is 8.33. The Morgan fingerprint density at radius 2 is 1.93 bits per heavy atom. The lowest BCUT2D eigenvalue weighted by atomic mass is 10.0. The number of esters is 1. The van der Waals surface area contributed by atoms with E-state index in [0.717, 1.165) is 24.5 Å². The van der Waals surface area contributed by atoms with Gasteiger partial charge < -0.3 is 19.8 Å². The van der Waals surface area contributed by atoms with E-state index in [1.807, 2.05) is 0 Å². The van der Waals surface area contributed by atoms with Gasteiger partial charge in [-0.3, -0.25) is 0 Å². The van der Waals surface area contributed by atoms with Crippen LogP contribution in [-0.4, -0.2) is 17.7 Å². The molecule has 6 nitrogen and oxygen atoms in total. The number of hydrogen-bond donors (Lipinski definition) is 1. The van der Waals surface area contributed by atoms with Crippen LogP contribution in [0.15, 0.2) is 48.1 Å². The van der Waals surface area contributed by atoms with Crippen LogP contribution in [0.25, 0.3) is 0 Å². The largest absolute Gasteiger partial charge is 0.619 e. The molecule has 2 aromatic heterocycles. The van der Waals surface area contributed by atoms with Gasteiger partial charge in [-0.15, -0.1) is 11.3 Å². The summed E-state index contributed by atoms with van der Waals surface area (Å²) >= 11 is 13.4. The summed E-state index contributed by atoms with van der Waals surface area (Å²) < 4.78 is 35.1. The van der Waals surface area contributed by atoms with Crippen molar-refractivity contribution in [2.45, 2.75) is 19.1 Å². The van der Waals surface area contributed by atoms with Gasteiger partial charge in [0.15, 0.2) is 23.9 Å². The summed E-state index contributed by atoms with van der Waals surface area (Å²) in [5, 5.41) is 23.3. The lowest BCUT2D eigenvalue weighted by molar-refractivity contribution is -0.605. The van der Waals surface area contributed by atoms with Crippen LogP contribution < -0.4 is 9.47 Å². The number of ether oxygens (including phenoxy) is 2. The van der Waals surface area contributed by atoms with E-state index in [1.165, 1.54) is 17.4 Å². The molecule has 1 atom stereocenters. The van der Waals surface area contributed by atoms with Crippen LogP contribution in [0.3, 0.4) is 0 Å². The fourth-order valence-corrected chi connectivity index (χ4v) is 3.85. The van der Waals surface area contributed by atoms with E-state index in [1.54, 1.807) is 17.5 Å². The highest BCUT2D eigenvalue weighted by Gasteiger charge is 2.24. The van der Waals surface area contributed by atoms with E-state index in [-0.39, 0.29) is 22.0 Å². The second kappa shape index (κ2) is 9.46. The van der Waals surface area contributed by atoms with Crippen molar-refractivity contribution in [1.29, 1.82) is 0 Å². The molecule has 0 spiro atoms. The Bertz CT molecular complexity index is 1030. The number of aromatic nitrogens is 1. The van der Waals surface area contributed by atoms with Crippen molar-refractivity contribution in [2.75, 3.05) is 0 Å². The molecular formula is C19H13Cl2F2NO5S. The zero-order valence-electron chi connectivity index (χ0n) is 14.9. The van der Waals surface area contributed by atoms with Gasteiger partial charge in [-0.25, -0.2) is 4.79 Å². The summed E-state index contributed by atoms with van der Waals surface area (Å²) in [5.74, 6) is -1.63. The number of thiophene rings is 1. The van der Waals surface area contributed by atoms with E-state index in [2.05, 4.69) is 4.74 Å². The fourth-order valence-electron chi connectivity index (χ4n) is 2.65. The third-order valence-corrected chi connectivity index (χ3v) is 5.49. The average molecular weight is 476 g/mol. The third kappa shape index (κ3) is 5.29. The van der Waals surface area contributed by atoms with Crippen LogP contribution in [0.1, 0.15) is 26.9 Å². The minimum Gasteiger partial charge on any atom is -0.619 e. The molecule has 0 aliphatic heterocycles. The molecule has 0 aliphatic rings. The number of benzene rings is 1. The molecule has 1 unspecified atom stereocenters. The maximum Gasteiger partial charge on any atom is 0.387 e. The van der Waals surface area contributed by atoms with E-state index in [9.17, 15) is 23.9 Å². The number of alkyl halides is 2. The second-order valence-corrected chi connectivity index (χ2v) is 7.74. The Kier molecular flexibility index (Phi) is 6.96. The average Bonchev–Trinajstić information content (AvgIpc) is 3.19. The number of carbonyl (C=O) groups excluding carboxylic acids is 1. The Morgan fingerprint density at radius 3 is 2.50 bits per heavy atom. The van der Waals surface area contributed by atoms with Gasteiger partial charge in [0, 0.05) is 12.0 Å². The highest BCUT2D eigenvalue weighted by Crippen LogP contribution is 2.35. The highest BCUT2D eigenvalue weighted by molar-refractivity contribution is 7.11. The van der Waals surface area contributed by atoms with Crippen molar-refractivity contribution < 1.29 is 32.9 Å². The summed E-state index contributed by atoms with van der Waals surface area (Å²) in [5.41, 5.74) is 0.617. The van der Waals surface area contributed by atoms with Crippen molar-refractivity contribution in [3.8, 4) is 11.5 Å². The number of phenols is 1. The summed E-state index contributed by atoms with van der Waals surface area (Å²) in [6.45, 7) is -3.12. The fraction of sp³-hybridized carbons (Fsp3) is 0.158. The smallest absolute Gasteiger partial charge is 0.387 e. The number of rotatable bonds is 7. The lowest BCUT2D eigenvalue weighted by Crippen LogP contribution is -2.25.